The molecule has 1 aromatic heterocycles. The minimum absolute atomic E-state index is 0.162. The van der Waals surface area contributed by atoms with E-state index in [1.54, 1.807) is 0 Å². The third-order valence-electron chi connectivity index (χ3n) is 3.80. The molecule has 0 aliphatic heterocycles. The van der Waals surface area contributed by atoms with E-state index in [9.17, 15) is 4.79 Å². The molecular weight excluding hydrogens is 278 g/mol. The van der Waals surface area contributed by atoms with E-state index < -0.39 is 0 Å². The zero-order valence-corrected chi connectivity index (χ0v) is 13.5. The molecule has 2 aromatic rings. The second kappa shape index (κ2) is 7.82. The molecule has 2 rings (SSSR count). The molecule has 0 spiro atoms. The Hall–Kier alpha value is -2.04. The molecule has 0 aliphatic carbocycles. The highest BCUT2D eigenvalue weighted by atomic mass is 16.5. The summed E-state index contributed by atoms with van der Waals surface area (Å²) in [5.41, 5.74) is 8.32. The highest BCUT2D eigenvalue weighted by Gasteiger charge is 2.22. The van der Waals surface area contributed by atoms with Crippen molar-refractivity contribution in [2.45, 2.75) is 52.6 Å². The van der Waals surface area contributed by atoms with Gasteiger partial charge in [-0.1, -0.05) is 38.8 Å². The van der Waals surface area contributed by atoms with Gasteiger partial charge < -0.3 is 4.74 Å². The van der Waals surface area contributed by atoms with Crippen molar-refractivity contribution in [2.24, 2.45) is 0 Å². The van der Waals surface area contributed by atoms with Crippen LogP contribution in [-0.4, -0.2) is 17.1 Å². The minimum Gasteiger partial charge on any atom is -0.463 e. The first-order valence-electron chi connectivity index (χ1n) is 8.11. The van der Waals surface area contributed by atoms with Crippen LogP contribution in [0.4, 0.5) is 5.95 Å². The van der Waals surface area contributed by atoms with Gasteiger partial charge in [0, 0.05) is 0 Å². The molecule has 0 saturated carbocycles. The van der Waals surface area contributed by atoms with Gasteiger partial charge in [-0.05, 0) is 25.0 Å². The first kappa shape index (κ1) is 16.3. The van der Waals surface area contributed by atoms with Crippen LogP contribution < -0.4 is 10.3 Å². The third-order valence-corrected chi connectivity index (χ3v) is 3.80. The molecule has 120 valence electrons. The average Bonchev–Trinajstić information content (AvgIpc) is 2.78. The standard InChI is InChI=1S/C17H25N3O2/c1-3-5-11-19-14-9-7-8-10-15(14)20(17(19)18)13-16(21)22-12-6-4-2/h7-10,18H,3-6,11-13H2,1-2H3/p+1. The zero-order chi connectivity index (χ0) is 15.9. The quantitative estimate of drug-likeness (QED) is 0.463. The molecule has 0 saturated heterocycles. The first-order chi connectivity index (χ1) is 10.7. The molecule has 5 heteroatoms. The molecule has 0 fully saturated rings. The number of rotatable bonds is 8. The van der Waals surface area contributed by atoms with E-state index in [0.29, 0.717) is 12.6 Å². The minimum atomic E-state index is -0.233. The normalized spacial score (nSPS) is 11.0. The number of aryl methyl sites for hydroxylation is 1. The van der Waals surface area contributed by atoms with Gasteiger partial charge in [-0.3, -0.25) is 5.73 Å². The number of ether oxygens (including phenoxy) is 1. The van der Waals surface area contributed by atoms with Gasteiger partial charge in [-0.15, -0.1) is 0 Å². The molecule has 1 heterocycles. The number of anilines is 1. The second-order valence-corrected chi connectivity index (χ2v) is 5.51. The predicted octanol–water partition coefficient (Wildman–Crippen LogP) is 2.65. The van der Waals surface area contributed by atoms with E-state index in [4.69, 9.17) is 10.5 Å². The molecule has 0 radical (unpaired) electrons. The summed E-state index contributed by atoms with van der Waals surface area (Å²) in [6.07, 6.45) is 4.07. The fraction of sp³-hybridized carbons (Fsp3) is 0.529. The molecule has 0 aliphatic rings. The van der Waals surface area contributed by atoms with Crippen LogP contribution in [0.2, 0.25) is 0 Å². The van der Waals surface area contributed by atoms with Crippen molar-refractivity contribution in [1.82, 2.24) is 4.57 Å². The van der Waals surface area contributed by atoms with Crippen LogP contribution in [0.15, 0.2) is 24.3 Å². The smallest absolute Gasteiger partial charge is 0.356 e. The molecule has 0 unspecified atom stereocenters. The van der Waals surface area contributed by atoms with Crippen molar-refractivity contribution in [3.05, 3.63) is 24.3 Å². The van der Waals surface area contributed by atoms with Crippen LogP contribution in [0.3, 0.4) is 0 Å². The zero-order valence-electron chi connectivity index (χ0n) is 13.5. The number of hydrogen-bond acceptors (Lipinski definition) is 3. The lowest BCUT2D eigenvalue weighted by Crippen LogP contribution is -2.41. The summed E-state index contributed by atoms with van der Waals surface area (Å²) in [5, 5.41) is 0. The number of carbonyl (C=O) groups excluding carboxylic acids is 1. The molecule has 1 aromatic carbocycles. The maximum absolute atomic E-state index is 12.0. The van der Waals surface area contributed by atoms with Crippen molar-refractivity contribution in [2.75, 3.05) is 12.3 Å². The molecule has 2 N–H and O–H groups in total. The first-order valence-corrected chi connectivity index (χ1v) is 8.11. The SMILES string of the molecule is CCCCOC(=O)C[n+]1c(N)n(CCCC)c2ccccc21. The van der Waals surface area contributed by atoms with Gasteiger partial charge in [0.05, 0.1) is 13.2 Å². The van der Waals surface area contributed by atoms with Crippen LogP contribution in [0.5, 0.6) is 0 Å². The van der Waals surface area contributed by atoms with E-state index in [-0.39, 0.29) is 12.5 Å². The predicted molar refractivity (Wildman–Crippen MR) is 87.3 cm³/mol. The maximum Gasteiger partial charge on any atom is 0.356 e. The maximum atomic E-state index is 12.0. The van der Waals surface area contributed by atoms with Gasteiger partial charge in [-0.2, -0.15) is 0 Å². The summed E-state index contributed by atoms with van der Waals surface area (Å²) in [5.74, 6) is 0.380. The number of carbonyl (C=O) groups is 1. The van der Waals surface area contributed by atoms with Crippen molar-refractivity contribution >= 4 is 23.0 Å². The Morgan fingerprint density at radius 3 is 2.68 bits per heavy atom. The number of para-hydroxylation sites is 2. The van der Waals surface area contributed by atoms with Crippen molar-refractivity contribution in [1.29, 1.82) is 0 Å². The van der Waals surface area contributed by atoms with Gasteiger partial charge in [0.2, 0.25) is 0 Å². The van der Waals surface area contributed by atoms with E-state index in [2.05, 4.69) is 18.4 Å². The van der Waals surface area contributed by atoms with E-state index in [0.717, 1.165) is 43.3 Å². The Morgan fingerprint density at radius 1 is 1.23 bits per heavy atom. The lowest BCUT2D eigenvalue weighted by Gasteiger charge is -2.04. The van der Waals surface area contributed by atoms with Crippen LogP contribution in [-0.2, 0) is 22.6 Å². The van der Waals surface area contributed by atoms with Crippen molar-refractivity contribution < 1.29 is 14.1 Å². The number of unbranched alkanes of at least 4 members (excludes halogenated alkanes) is 2. The molecule has 22 heavy (non-hydrogen) atoms. The van der Waals surface area contributed by atoms with Crippen LogP contribution in [0.25, 0.3) is 11.0 Å². The Labute approximate surface area is 131 Å². The Bertz CT molecular complexity index is 634. The Kier molecular flexibility index (Phi) is 5.81. The monoisotopic (exact) mass is 304 g/mol. The molecular formula is C17H26N3O2+. The summed E-state index contributed by atoms with van der Waals surface area (Å²) in [4.78, 5) is 12.0. The molecule has 0 atom stereocenters. The van der Waals surface area contributed by atoms with Gasteiger partial charge >= 0.3 is 11.9 Å². The number of nitrogens with zero attached hydrogens (tertiary/aromatic N) is 2. The summed E-state index contributed by atoms with van der Waals surface area (Å²) < 4.78 is 9.18. The van der Waals surface area contributed by atoms with Gasteiger partial charge in [0.1, 0.15) is 11.0 Å². The lowest BCUT2D eigenvalue weighted by atomic mass is 10.3. The number of aromatic nitrogens is 2. The summed E-state index contributed by atoms with van der Waals surface area (Å²) in [6, 6.07) is 7.99. The highest BCUT2D eigenvalue weighted by Crippen LogP contribution is 2.16. The molecule has 5 nitrogen and oxygen atoms in total. The number of fused-ring (bicyclic) bond motifs is 1. The lowest BCUT2D eigenvalue weighted by molar-refractivity contribution is -0.646. The Morgan fingerprint density at radius 2 is 1.95 bits per heavy atom. The Balaban J connectivity index is 2.25. The second-order valence-electron chi connectivity index (χ2n) is 5.51. The van der Waals surface area contributed by atoms with Gasteiger partial charge in [-0.25, -0.2) is 13.9 Å². The fourth-order valence-electron chi connectivity index (χ4n) is 2.54. The number of nitrogens with two attached hydrogens (primary N) is 1. The van der Waals surface area contributed by atoms with Crippen LogP contribution >= 0.6 is 0 Å². The number of imidazole rings is 1. The van der Waals surface area contributed by atoms with Crippen molar-refractivity contribution in [3.63, 3.8) is 0 Å². The summed E-state index contributed by atoms with van der Waals surface area (Å²) in [7, 11) is 0. The van der Waals surface area contributed by atoms with E-state index >= 15 is 0 Å². The van der Waals surface area contributed by atoms with Gasteiger partial charge in [0.25, 0.3) is 0 Å². The largest absolute Gasteiger partial charge is 0.463 e. The number of nitrogen functional groups attached to an aromatic ring is 1. The highest BCUT2D eigenvalue weighted by molar-refractivity contribution is 5.75. The number of hydrogen-bond donors (Lipinski definition) is 1. The number of esters is 1. The molecule has 0 amide bonds. The third kappa shape index (κ3) is 3.59. The summed E-state index contributed by atoms with van der Waals surface area (Å²) >= 11 is 0. The summed E-state index contributed by atoms with van der Waals surface area (Å²) in [6.45, 7) is 5.73. The molecule has 0 bridgehead atoms. The van der Waals surface area contributed by atoms with E-state index in [1.165, 1.54) is 0 Å². The van der Waals surface area contributed by atoms with Crippen LogP contribution in [0, 0.1) is 0 Å². The number of benzene rings is 1. The van der Waals surface area contributed by atoms with E-state index in [1.807, 2.05) is 28.8 Å². The fourth-order valence-corrected chi connectivity index (χ4v) is 2.54. The van der Waals surface area contributed by atoms with Crippen molar-refractivity contribution in [3.8, 4) is 0 Å². The topological polar surface area (TPSA) is 61.1 Å². The average molecular weight is 304 g/mol. The van der Waals surface area contributed by atoms with Crippen LogP contribution in [0.1, 0.15) is 39.5 Å². The van der Waals surface area contributed by atoms with Gasteiger partial charge in [0.15, 0.2) is 6.54 Å².